The molecule has 1 amide bonds. The highest BCUT2D eigenvalue weighted by molar-refractivity contribution is 8.04. The normalized spacial score (nSPS) is 16.6. The van der Waals surface area contributed by atoms with Crippen LogP contribution in [-0.4, -0.2) is 21.9 Å². The largest absolute Gasteiger partial charge is 0.341 e. The van der Waals surface area contributed by atoms with Gasteiger partial charge in [-0.25, -0.2) is 9.97 Å². The number of para-hydroxylation sites is 1. The monoisotopic (exact) mass is 395 g/mol. The Balaban J connectivity index is 1.95. The van der Waals surface area contributed by atoms with E-state index in [1.165, 1.54) is 11.8 Å². The molecule has 6 nitrogen and oxygen atoms in total. The first-order valence-electron chi connectivity index (χ1n) is 7.38. The van der Waals surface area contributed by atoms with E-state index in [1.807, 2.05) is 36.2 Å². The van der Waals surface area contributed by atoms with Crippen molar-refractivity contribution in [3.63, 3.8) is 0 Å². The lowest BCUT2D eigenvalue weighted by molar-refractivity contribution is -0.108. The van der Waals surface area contributed by atoms with Crippen molar-refractivity contribution in [1.82, 2.24) is 15.3 Å². The molecule has 0 saturated heterocycles. The molecule has 1 aromatic carbocycles. The predicted molar refractivity (Wildman–Crippen MR) is 103 cm³/mol. The molecule has 1 aliphatic rings. The quantitative estimate of drug-likeness (QED) is 0.590. The third-order valence-electron chi connectivity index (χ3n) is 3.47. The lowest BCUT2D eigenvalue weighted by Gasteiger charge is -2.28. The van der Waals surface area contributed by atoms with Crippen molar-refractivity contribution in [3.8, 4) is 0 Å². The number of hydrogen-bond donors (Lipinski definition) is 2. The number of anilines is 2. The number of halogens is 2. The number of thioether (sulfide) groups is 1. The van der Waals surface area contributed by atoms with E-state index in [0.717, 1.165) is 11.3 Å². The first kappa shape index (κ1) is 17.8. The van der Waals surface area contributed by atoms with Crippen LogP contribution in [0.2, 0.25) is 10.2 Å². The third-order valence-corrected chi connectivity index (χ3v) is 5.02. The van der Waals surface area contributed by atoms with Crippen LogP contribution in [0, 0.1) is 13.8 Å². The number of carbonyl (C=O) groups is 1. The van der Waals surface area contributed by atoms with Crippen molar-refractivity contribution in [1.29, 1.82) is 0 Å². The molecule has 1 aromatic heterocycles. The van der Waals surface area contributed by atoms with E-state index < -0.39 is 0 Å². The zero-order chi connectivity index (χ0) is 18.0. The molecule has 2 N–H and O–H groups in total. The van der Waals surface area contributed by atoms with E-state index >= 15 is 0 Å². The van der Waals surface area contributed by atoms with Crippen LogP contribution < -0.4 is 15.5 Å². The van der Waals surface area contributed by atoms with Crippen molar-refractivity contribution < 1.29 is 4.79 Å². The summed E-state index contributed by atoms with van der Waals surface area (Å²) in [4.78, 5) is 21.2. The van der Waals surface area contributed by atoms with Gasteiger partial charge in [0.25, 0.3) is 0 Å². The molecule has 0 fully saturated rings. The van der Waals surface area contributed by atoms with Gasteiger partial charge in [0.2, 0.25) is 6.41 Å². The van der Waals surface area contributed by atoms with Crippen LogP contribution in [0.25, 0.3) is 0 Å². The Bertz CT molecular complexity index is 805. The second-order valence-electron chi connectivity index (χ2n) is 5.31. The SMILES string of the molecule is Cc1nc(Cl)cc(NC2SC(NC=O)=CN2c2c(C)cccc2Cl)n1. The average Bonchev–Trinajstić information content (AvgIpc) is 2.89. The Morgan fingerprint density at radius 1 is 1.28 bits per heavy atom. The molecule has 9 heteroatoms. The Hall–Kier alpha value is -1.96. The van der Waals surface area contributed by atoms with Crippen molar-refractivity contribution in [3.05, 3.63) is 57.1 Å². The summed E-state index contributed by atoms with van der Waals surface area (Å²) in [5.41, 5.74) is 1.61. The van der Waals surface area contributed by atoms with Gasteiger partial charge in [-0.3, -0.25) is 4.79 Å². The Labute approximate surface area is 159 Å². The number of aryl methyl sites for hydroxylation is 2. The summed E-state index contributed by atoms with van der Waals surface area (Å²) in [6.45, 7) is 3.75. The van der Waals surface area contributed by atoms with Gasteiger partial charge in [-0.15, -0.1) is 0 Å². The molecule has 25 heavy (non-hydrogen) atoms. The first-order valence-corrected chi connectivity index (χ1v) is 9.01. The molecule has 0 bridgehead atoms. The van der Waals surface area contributed by atoms with E-state index in [-0.39, 0.29) is 5.50 Å². The number of benzene rings is 1. The maximum atomic E-state index is 10.8. The molecule has 2 heterocycles. The van der Waals surface area contributed by atoms with E-state index in [2.05, 4.69) is 20.6 Å². The van der Waals surface area contributed by atoms with Gasteiger partial charge in [0.1, 0.15) is 16.8 Å². The van der Waals surface area contributed by atoms with Crippen LogP contribution in [0.1, 0.15) is 11.4 Å². The van der Waals surface area contributed by atoms with Crippen molar-refractivity contribution in [2.24, 2.45) is 0 Å². The van der Waals surface area contributed by atoms with Crippen molar-refractivity contribution in [2.75, 3.05) is 10.2 Å². The number of rotatable bonds is 5. The molecule has 0 spiro atoms. The first-order chi connectivity index (χ1) is 12.0. The minimum atomic E-state index is -0.258. The maximum absolute atomic E-state index is 10.8. The number of hydrogen-bond acceptors (Lipinski definition) is 6. The highest BCUT2D eigenvalue weighted by Gasteiger charge is 2.29. The van der Waals surface area contributed by atoms with Crippen LogP contribution >= 0.6 is 35.0 Å². The van der Waals surface area contributed by atoms with E-state index in [0.29, 0.717) is 33.3 Å². The fourth-order valence-corrected chi connectivity index (χ4v) is 4.03. The summed E-state index contributed by atoms with van der Waals surface area (Å²) in [7, 11) is 0. The van der Waals surface area contributed by atoms with Gasteiger partial charge in [0.15, 0.2) is 5.50 Å². The van der Waals surface area contributed by atoms with Gasteiger partial charge >= 0.3 is 0 Å². The second kappa shape index (κ2) is 7.51. The summed E-state index contributed by atoms with van der Waals surface area (Å²) in [6, 6.07) is 7.36. The molecule has 130 valence electrons. The molecule has 0 radical (unpaired) electrons. The molecule has 0 saturated carbocycles. The molecule has 1 unspecified atom stereocenters. The number of aromatic nitrogens is 2. The number of carbonyl (C=O) groups excluding carboxylic acids is 1. The fourth-order valence-electron chi connectivity index (χ4n) is 2.49. The van der Waals surface area contributed by atoms with Gasteiger partial charge in [0, 0.05) is 12.3 Å². The predicted octanol–water partition coefficient (Wildman–Crippen LogP) is 3.89. The average molecular weight is 396 g/mol. The minimum absolute atomic E-state index is 0.258. The smallest absolute Gasteiger partial charge is 0.211 e. The summed E-state index contributed by atoms with van der Waals surface area (Å²) in [5.74, 6) is 1.16. The molecule has 1 aliphatic heterocycles. The molecular formula is C16H15Cl2N5OS. The van der Waals surface area contributed by atoms with Gasteiger partial charge in [-0.05, 0) is 25.5 Å². The lowest BCUT2D eigenvalue weighted by atomic mass is 10.2. The Morgan fingerprint density at radius 2 is 2.08 bits per heavy atom. The molecule has 1 atom stereocenters. The third kappa shape index (κ3) is 4.00. The number of nitrogens with zero attached hydrogens (tertiary/aromatic N) is 3. The van der Waals surface area contributed by atoms with Crippen LogP contribution in [0.4, 0.5) is 11.5 Å². The highest BCUT2D eigenvalue weighted by Crippen LogP contribution is 2.40. The number of nitrogens with one attached hydrogen (secondary N) is 2. The zero-order valence-corrected chi connectivity index (χ0v) is 15.8. The summed E-state index contributed by atoms with van der Waals surface area (Å²) < 4.78 is 0. The summed E-state index contributed by atoms with van der Waals surface area (Å²) in [5, 5.41) is 7.66. The van der Waals surface area contributed by atoms with Gasteiger partial charge in [0.05, 0.1) is 15.7 Å². The minimum Gasteiger partial charge on any atom is -0.341 e. The second-order valence-corrected chi connectivity index (χ2v) is 7.22. The van der Waals surface area contributed by atoms with Crippen LogP contribution in [-0.2, 0) is 4.79 Å². The van der Waals surface area contributed by atoms with Crippen molar-refractivity contribution >= 4 is 52.9 Å². The van der Waals surface area contributed by atoms with E-state index in [1.54, 1.807) is 13.0 Å². The maximum Gasteiger partial charge on any atom is 0.211 e. The fraction of sp³-hybridized carbons (Fsp3) is 0.188. The van der Waals surface area contributed by atoms with Crippen LogP contribution in [0.15, 0.2) is 35.5 Å². The zero-order valence-electron chi connectivity index (χ0n) is 13.5. The van der Waals surface area contributed by atoms with Crippen LogP contribution in [0.3, 0.4) is 0 Å². The highest BCUT2D eigenvalue weighted by atomic mass is 35.5. The summed E-state index contributed by atoms with van der Waals surface area (Å²) in [6.07, 6.45) is 2.48. The van der Waals surface area contributed by atoms with Gasteiger partial charge < -0.3 is 15.5 Å². The van der Waals surface area contributed by atoms with Gasteiger partial charge in [-0.1, -0.05) is 47.1 Å². The Kier molecular flexibility index (Phi) is 5.36. The lowest BCUT2D eigenvalue weighted by Crippen LogP contribution is -2.32. The molecular weight excluding hydrogens is 381 g/mol. The van der Waals surface area contributed by atoms with Gasteiger partial charge in [-0.2, -0.15) is 0 Å². The summed E-state index contributed by atoms with van der Waals surface area (Å²) >= 11 is 13.9. The molecule has 2 aromatic rings. The molecule has 0 aliphatic carbocycles. The standard InChI is InChI=1S/C16H15Cl2N5OS/c1-9-4-3-5-11(17)15(9)23-7-14(19-8-24)25-16(23)22-13-6-12(18)20-10(2)21-13/h3-8,16H,1-2H3,(H,19,24)(H,20,21,22). The van der Waals surface area contributed by atoms with E-state index in [9.17, 15) is 4.79 Å². The number of amides is 1. The molecule has 3 rings (SSSR count). The topological polar surface area (TPSA) is 70.2 Å². The Morgan fingerprint density at radius 3 is 2.76 bits per heavy atom. The van der Waals surface area contributed by atoms with Crippen molar-refractivity contribution in [2.45, 2.75) is 19.3 Å². The van der Waals surface area contributed by atoms with Crippen LogP contribution in [0.5, 0.6) is 0 Å². The van der Waals surface area contributed by atoms with E-state index in [4.69, 9.17) is 23.2 Å².